The molecule has 21 heavy (non-hydrogen) atoms. The number of hydrogen-bond acceptors (Lipinski definition) is 3. The Bertz CT molecular complexity index is 534. The maximum Gasteiger partial charge on any atom is 0.238 e. The van der Waals surface area contributed by atoms with Gasteiger partial charge in [0.15, 0.2) is 0 Å². The molecule has 114 valence electrons. The summed E-state index contributed by atoms with van der Waals surface area (Å²) in [5.41, 5.74) is 6.12. The van der Waals surface area contributed by atoms with Crippen LogP contribution in [0.5, 0.6) is 0 Å². The molecule has 0 aromatic heterocycles. The molecule has 1 aromatic carbocycles. The third kappa shape index (κ3) is 3.18. The van der Waals surface area contributed by atoms with Crippen LogP contribution in [-0.2, 0) is 4.79 Å². The fourth-order valence-corrected chi connectivity index (χ4v) is 3.71. The molecule has 2 unspecified atom stereocenters. The molecule has 0 radical (unpaired) electrons. The first-order valence-electron chi connectivity index (χ1n) is 7.72. The largest absolute Gasteiger partial charge is 0.396 e. The van der Waals surface area contributed by atoms with Gasteiger partial charge in [-0.1, -0.05) is 12.8 Å². The lowest BCUT2D eigenvalue weighted by atomic mass is 9.85. The molecule has 3 rings (SSSR count). The monoisotopic (exact) mass is 291 g/mol. The van der Waals surface area contributed by atoms with Crippen LogP contribution in [0.3, 0.4) is 0 Å². The highest BCUT2D eigenvalue weighted by molar-refractivity contribution is 5.92. The van der Waals surface area contributed by atoms with Gasteiger partial charge in [0.05, 0.1) is 12.2 Å². The number of likely N-dealkylation sites (tertiary alicyclic amines) is 1. The maximum absolute atomic E-state index is 13.1. The smallest absolute Gasteiger partial charge is 0.238 e. The minimum atomic E-state index is -0.461. The van der Waals surface area contributed by atoms with E-state index >= 15 is 0 Å². The number of fused-ring (bicyclic) bond motifs is 1. The predicted octanol–water partition coefficient (Wildman–Crippen LogP) is 2.61. The second-order valence-electron chi connectivity index (χ2n) is 6.16. The minimum Gasteiger partial charge on any atom is -0.396 e. The van der Waals surface area contributed by atoms with Crippen LogP contribution in [0.25, 0.3) is 0 Å². The Morgan fingerprint density at radius 3 is 2.95 bits per heavy atom. The highest BCUT2D eigenvalue weighted by atomic mass is 19.1. The number of halogens is 1. The third-order valence-electron chi connectivity index (χ3n) is 4.75. The Morgan fingerprint density at radius 2 is 2.14 bits per heavy atom. The van der Waals surface area contributed by atoms with Crippen molar-refractivity contribution in [2.75, 3.05) is 24.1 Å². The van der Waals surface area contributed by atoms with Crippen molar-refractivity contribution in [2.45, 2.75) is 38.1 Å². The normalized spacial score (nSPS) is 25.6. The van der Waals surface area contributed by atoms with Gasteiger partial charge < -0.3 is 11.1 Å². The maximum atomic E-state index is 13.1. The molecule has 2 atom stereocenters. The van der Waals surface area contributed by atoms with Gasteiger partial charge in [0.2, 0.25) is 5.91 Å². The van der Waals surface area contributed by atoms with Crippen LogP contribution >= 0.6 is 0 Å². The van der Waals surface area contributed by atoms with E-state index in [-0.39, 0.29) is 11.6 Å². The molecule has 5 heteroatoms. The lowest BCUT2D eigenvalue weighted by molar-refractivity contribution is -0.117. The zero-order valence-electron chi connectivity index (χ0n) is 12.1. The van der Waals surface area contributed by atoms with Crippen LogP contribution < -0.4 is 11.1 Å². The van der Waals surface area contributed by atoms with Crippen LogP contribution in [0.15, 0.2) is 18.2 Å². The van der Waals surface area contributed by atoms with E-state index in [1.807, 2.05) is 0 Å². The fourth-order valence-electron chi connectivity index (χ4n) is 3.71. The molecule has 3 N–H and O–H groups in total. The molecule has 0 spiro atoms. The average molecular weight is 291 g/mol. The molecule has 4 nitrogen and oxygen atoms in total. The number of carbonyl (C=O) groups excluding carboxylic acids is 1. The molecule has 1 aliphatic carbocycles. The number of nitrogen functional groups attached to an aromatic ring is 1. The highest BCUT2D eigenvalue weighted by Gasteiger charge is 2.36. The average Bonchev–Trinajstić information content (AvgIpc) is 2.86. The standard InChI is InChI=1S/C16H22FN3O/c17-13-6-5-12(9-14(13)18)19-16(21)10-20-8-7-11-3-1-2-4-15(11)20/h5-6,9,11,15H,1-4,7-8,10,18H2,(H,19,21). The first-order valence-corrected chi connectivity index (χ1v) is 7.72. The second kappa shape index (κ2) is 6.02. The SMILES string of the molecule is Nc1cc(NC(=O)CN2CCC3CCCCC32)ccc1F. The molecule has 1 amide bonds. The van der Waals surface area contributed by atoms with E-state index in [4.69, 9.17) is 5.73 Å². The Morgan fingerprint density at radius 1 is 1.33 bits per heavy atom. The molecule has 0 bridgehead atoms. The van der Waals surface area contributed by atoms with E-state index in [0.717, 1.165) is 12.5 Å². The van der Waals surface area contributed by atoms with Gasteiger partial charge in [0.25, 0.3) is 0 Å². The number of nitrogens with zero attached hydrogens (tertiary/aromatic N) is 1. The van der Waals surface area contributed by atoms with Crippen molar-refractivity contribution in [2.24, 2.45) is 5.92 Å². The van der Waals surface area contributed by atoms with Crippen LogP contribution in [0.4, 0.5) is 15.8 Å². The number of nitrogens with one attached hydrogen (secondary N) is 1. The summed E-state index contributed by atoms with van der Waals surface area (Å²) in [6, 6.07) is 4.85. The summed E-state index contributed by atoms with van der Waals surface area (Å²) in [4.78, 5) is 14.4. The molecule has 1 aromatic rings. The summed E-state index contributed by atoms with van der Waals surface area (Å²) in [6.45, 7) is 1.42. The van der Waals surface area contributed by atoms with Gasteiger partial charge in [-0.05, 0) is 49.9 Å². The number of rotatable bonds is 3. The lowest BCUT2D eigenvalue weighted by Crippen LogP contribution is -2.39. The molecular weight excluding hydrogens is 269 g/mol. The van der Waals surface area contributed by atoms with Crippen molar-refractivity contribution in [3.8, 4) is 0 Å². The summed E-state index contributed by atoms with van der Waals surface area (Å²) < 4.78 is 13.1. The van der Waals surface area contributed by atoms with Crippen molar-refractivity contribution in [1.29, 1.82) is 0 Å². The molecule has 1 heterocycles. The summed E-state index contributed by atoms with van der Waals surface area (Å²) >= 11 is 0. The number of hydrogen-bond donors (Lipinski definition) is 2. The number of nitrogens with two attached hydrogens (primary N) is 1. The predicted molar refractivity (Wildman–Crippen MR) is 81.4 cm³/mol. The summed E-state index contributed by atoms with van der Waals surface area (Å²) in [7, 11) is 0. The van der Waals surface area contributed by atoms with Gasteiger partial charge >= 0.3 is 0 Å². The molecule has 2 fully saturated rings. The Labute approximate surface area is 124 Å². The quantitative estimate of drug-likeness (QED) is 0.842. The third-order valence-corrected chi connectivity index (χ3v) is 4.75. The zero-order valence-corrected chi connectivity index (χ0v) is 12.1. The molecule has 1 saturated heterocycles. The Balaban J connectivity index is 1.57. The van der Waals surface area contributed by atoms with Gasteiger partial charge in [-0.2, -0.15) is 0 Å². The summed E-state index contributed by atoms with van der Waals surface area (Å²) in [6.07, 6.45) is 6.32. The van der Waals surface area contributed by atoms with E-state index in [9.17, 15) is 9.18 Å². The van der Waals surface area contributed by atoms with Gasteiger partial charge in [0, 0.05) is 11.7 Å². The van der Waals surface area contributed by atoms with Crippen LogP contribution in [0.2, 0.25) is 0 Å². The van der Waals surface area contributed by atoms with E-state index in [1.54, 1.807) is 0 Å². The van der Waals surface area contributed by atoms with Crippen LogP contribution in [-0.4, -0.2) is 29.9 Å². The Kier molecular flexibility index (Phi) is 4.10. The fraction of sp³-hybridized carbons (Fsp3) is 0.562. The second-order valence-corrected chi connectivity index (χ2v) is 6.16. The van der Waals surface area contributed by atoms with E-state index in [2.05, 4.69) is 10.2 Å². The molecule has 1 aliphatic heterocycles. The van der Waals surface area contributed by atoms with Crippen LogP contribution in [0.1, 0.15) is 32.1 Å². The Hall–Kier alpha value is -1.62. The number of anilines is 2. The number of benzene rings is 1. The van der Waals surface area contributed by atoms with E-state index in [0.29, 0.717) is 18.3 Å². The van der Waals surface area contributed by atoms with Crippen molar-refractivity contribution in [3.63, 3.8) is 0 Å². The van der Waals surface area contributed by atoms with Crippen LogP contribution in [0, 0.1) is 11.7 Å². The molecule has 2 aliphatic rings. The van der Waals surface area contributed by atoms with Gasteiger partial charge in [-0.25, -0.2) is 4.39 Å². The van der Waals surface area contributed by atoms with Gasteiger partial charge in [-0.3, -0.25) is 9.69 Å². The molecule has 1 saturated carbocycles. The van der Waals surface area contributed by atoms with Crippen molar-refractivity contribution >= 4 is 17.3 Å². The topological polar surface area (TPSA) is 58.4 Å². The summed E-state index contributed by atoms with van der Waals surface area (Å²) in [5.74, 6) is 0.262. The van der Waals surface area contributed by atoms with Crippen molar-refractivity contribution < 1.29 is 9.18 Å². The van der Waals surface area contributed by atoms with Crippen molar-refractivity contribution in [3.05, 3.63) is 24.0 Å². The zero-order chi connectivity index (χ0) is 14.8. The first-order chi connectivity index (χ1) is 10.1. The number of amides is 1. The molecular formula is C16H22FN3O. The van der Waals surface area contributed by atoms with E-state index in [1.165, 1.54) is 50.3 Å². The summed E-state index contributed by atoms with van der Waals surface area (Å²) in [5, 5.41) is 2.81. The number of carbonyl (C=O) groups is 1. The van der Waals surface area contributed by atoms with Crippen molar-refractivity contribution in [1.82, 2.24) is 4.90 Å². The van der Waals surface area contributed by atoms with Gasteiger partial charge in [-0.15, -0.1) is 0 Å². The lowest BCUT2D eigenvalue weighted by Gasteiger charge is -2.31. The first kappa shape index (κ1) is 14.3. The van der Waals surface area contributed by atoms with E-state index < -0.39 is 5.82 Å². The van der Waals surface area contributed by atoms with Gasteiger partial charge in [0.1, 0.15) is 5.82 Å². The minimum absolute atomic E-state index is 0.0489. The highest BCUT2D eigenvalue weighted by Crippen LogP contribution is 2.35.